The first-order valence-electron chi connectivity index (χ1n) is 13.9. The molecular formula is C40H34N2. The van der Waals surface area contributed by atoms with Gasteiger partial charge in [0.2, 0.25) is 0 Å². The number of allylic oxidation sites excluding steroid dienone is 3. The third-order valence-electron chi connectivity index (χ3n) is 7.70. The first-order valence-corrected chi connectivity index (χ1v) is 13.9. The molecule has 0 amide bonds. The lowest BCUT2D eigenvalue weighted by molar-refractivity contribution is 1.31. The first kappa shape index (κ1) is 28.1. The third kappa shape index (κ3) is 4.84. The Morgan fingerprint density at radius 1 is 0.643 bits per heavy atom. The van der Waals surface area contributed by atoms with Crippen molar-refractivity contribution in [3.05, 3.63) is 158 Å². The summed E-state index contributed by atoms with van der Waals surface area (Å²) in [5.41, 5.74) is 18.2. The molecule has 2 heteroatoms. The van der Waals surface area contributed by atoms with Gasteiger partial charge in [-0.3, -0.25) is 4.98 Å². The van der Waals surface area contributed by atoms with E-state index in [1.165, 1.54) is 0 Å². The van der Waals surface area contributed by atoms with Crippen LogP contribution in [-0.2, 0) is 0 Å². The second-order valence-electron chi connectivity index (χ2n) is 9.86. The number of fused-ring (bicyclic) bond motifs is 1. The highest BCUT2D eigenvalue weighted by Crippen LogP contribution is 2.45. The van der Waals surface area contributed by atoms with Gasteiger partial charge in [-0.25, -0.2) is 0 Å². The monoisotopic (exact) mass is 542 g/mol. The van der Waals surface area contributed by atoms with E-state index in [1.54, 1.807) is 6.20 Å². The van der Waals surface area contributed by atoms with Crippen molar-refractivity contribution in [1.29, 1.82) is 0 Å². The van der Waals surface area contributed by atoms with E-state index in [2.05, 4.69) is 98.0 Å². The fourth-order valence-corrected chi connectivity index (χ4v) is 5.86. The van der Waals surface area contributed by atoms with Gasteiger partial charge in [0.15, 0.2) is 0 Å². The van der Waals surface area contributed by atoms with Crippen LogP contribution in [0.2, 0.25) is 0 Å². The van der Waals surface area contributed by atoms with Crippen LogP contribution in [0, 0.1) is 0 Å². The second kappa shape index (κ2) is 12.4. The van der Waals surface area contributed by atoms with Gasteiger partial charge in [0.05, 0.1) is 0 Å². The zero-order valence-electron chi connectivity index (χ0n) is 24.0. The molecule has 0 fully saturated rings. The van der Waals surface area contributed by atoms with Gasteiger partial charge in [-0.2, -0.15) is 0 Å². The molecule has 0 saturated heterocycles. The van der Waals surface area contributed by atoms with Crippen molar-refractivity contribution >= 4 is 40.6 Å². The molecule has 0 saturated carbocycles. The minimum Gasteiger partial charge on any atom is -0.405 e. The topological polar surface area (TPSA) is 38.9 Å². The van der Waals surface area contributed by atoms with Gasteiger partial charge >= 0.3 is 0 Å². The van der Waals surface area contributed by atoms with Crippen molar-refractivity contribution in [2.45, 2.75) is 6.92 Å². The largest absolute Gasteiger partial charge is 0.405 e. The Hall–Kier alpha value is -5.47. The molecule has 0 spiro atoms. The van der Waals surface area contributed by atoms with Crippen molar-refractivity contribution in [1.82, 2.24) is 4.98 Å². The predicted octanol–water partition coefficient (Wildman–Crippen LogP) is 10.7. The number of rotatable bonds is 9. The Balaban J connectivity index is 1.83. The average molecular weight is 543 g/mol. The van der Waals surface area contributed by atoms with Gasteiger partial charge in [0, 0.05) is 23.5 Å². The summed E-state index contributed by atoms with van der Waals surface area (Å²) in [4.78, 5) is 4.55. The Labute approximate surface area is 248 Å². The molecule has 2 N–H and O–H groups in total. The van der Waals surface area contributed by atoms with Crippen molar-refractivity contribution in [2.24, 2.45) is 5.73 Å². The molecule has 1 heterocycles. The number of benzene rings is 4. The molecule has 204 valence electrons. The summed E-state index contributed by atoms with van der Waals surface area (Å²) in [6, 6.07) is 25.5. The molecule has 1 aromatic heterocycles. The van der Waals surface area contributed by atoms with Crippen LogP contribution in [-0.4, -0.2) is 4.98 Å². The summed E-state index contributed by atoms with van der Waals surface area (Å²) in [5.74, 6) is 0. The van der Waals surface area contributed by atoms with Crippen LogP contribution in [0.3, 0.4) is 0 Å². The summed E-state index contributed by atoms with van der Waals surface area (Å²) in [6.07, 6.45) is 16.9. The van der Waals surface area contributed by atoms with Crippen LogP contribution in [0.5, 0.6) is 0 Å². The van der Waals surface area contributed by atoms with Gasteiger partial charge in [0.1, 0.15) is 0 Å². The minimum absolute atomic E-state index is 0.988. The summed E-state index contributed by atoms with van der Waals surface area (Å²) < 4.78 is 0. The minimum atomic E-state index is 0.988. The highest BCUT2D eigenvalue weighted by molar-refractivity contribution is 6.12. The maximum absolute atomic E-state index is 5.69. The smallest absolute Gasteiger partial charge is 0.0347 e. The molecule has 0 aliphatic carbocycles. The second-order valence-corrected chi connectivity index (χ2v) is 9.86. The zero-order chi connectivity index (χ0) is 29.6. The quantitative estimate of drug-likeness (QED) is 0.188. The summed E-state index contributed by atoms with van der Waals surface area (Å²) in [6.45, 7) is 18.9. The van der Waals surface area contributed by atoms with E-state index < -0.39 is 0 Å². The predicted molar refractivity (Wildman–Crippen MR) is 185 cm³/mol. The van der Waals surface area contributed by atoms with Crippen LogP contribution in [0.25, 0.3) is 74.0 Å². The Morgan fingerprint density at radius 2 is 1.21 bits per heavy atom. The van der Waals surface area contributed by atoms with Gasteiger partial charge < -0.3 is 5.73 Å². The molecule has 0 aliphatic heterocycles. The van der Waals surface area contributed by atoms with Gasteiger partial charge in [-0.1, -0.05) is 123 Å². The summed E-state index contributed by atoms with van der Waals surface area (Å²) >= 11 is 0. The molecule has 0 atom stereocenters. The Bertz CT molecular complexity index is 1900. The van der Waals surface area contributed by atoms with Crippen molar-refractivity contribution < 1.29 is 0 Å². The lowest BCUT2D eigenvalue weighted by atomic mass is 9.81. The molecule has 2 nitrogen and oxygen atoms in total. The molecule has 42 heavy (non-hydrogen) atoms. The molecule has 5 aromatic rings. The number of nitrogens with zero attached hydrogens (tertiary/aromatic N) is 1. The van der Waals surface area contributed by atoms with Crippen molar-refractivity contribution in [2.75, 3.05) is 0 Å². The molecular weight excluding hydrogens is 508 g/mol. The molecule has 5 rings (SSSR count). The molecule has 0 bridgehead atoms. The first-order chi connectivity index (χ1) is 20.6. The van der Waals surface area contributed by atoms with E-state index in [0.29, 0.717) is 0 Å². The molecule has 0 unspecified atom stereocenters. The highest BCUT2D eigenvalue weighted by Gasteiger charge is 2.21. The Kier molecular flexibility index (Phi) is 8.27. The third-order valence-corrected chi connectivity index (χ3v) is 7.70. The fourth-order valence-electron chi connectivity index (χ4n) is 5.86. The number of pyridine rings is 1. The highest BCUT2D eigenvalue weighted by atomic mass is 14.6. The van der Waals surface area contributed by atoms with Gasteiger partial charge in [-0.05, 0) is 91.7 Å². The van der Waals surface area contributed by atoms with Gasteiger partial charge in [0.25, 0.3) is 0 Å². The van der Waals surface area contributed by atoms with E-state index >= 15 is 0 Å². The van der Waals surface area contributed by atoms with E-state index in [9.17, 15) is 0 Å². The molecule has 0 radical (unpaired) electrons. The number of aromatic nitrogens is 1. The average Bonchev–Trinajstić information content (AvgIpc) is 3.05. The Morgan fingerprint density at radius 3 is 1.83 bits per heavy atom. The van der Waals surface area contributed by atoms with E-state index in [-0.39, 0.29) is 0 Å². The number of hydrogen-bond acceptors (Lipinski definition) is 2. The normalized spacial score (nSPS) is 11.5. The lowest BCUT2D eigenvalue weighted by Gasteiger charge is -2.22. The van der Waals surface area contributed by atoms with Crippen LogP contribution in [0.15, 0.2) is 130 Å². The maximum Gasteiger partial charge on any atom is 0.0347 e. The lowest BCUT2D eigenvalue weighted by Crippen LogP contribution is -1.99. The maximum atomic E-state index is 5.69. The standard InChI is InChI=1S/C40H34N2/c1-6-27(22-23-41)29-24-30(26-42-25-29)35-20-21-38(32(8-3)31(35)7-2)40-34(10-5)33(9-4)39(28-16-12-11-13-17-28)36-18-14-15-19-37(36)40/h6-26H,2-5,41H2,1H3/b23-22-,27-6+. The van der Waals surface area contributed by atoms with Crippen molar-refractivity contribution in [3.63, 3.8) is 0 Å². The van der Waals surface area contributed by atoms with Crippen LogP contribution in [0.4, 0.5) is 0 Å². The number of hydrogen-bond donors (Lipinski definition) is 1. The summed E-state index contributed by atoms with van der Waals surface area (Å²) in [7, 11) is 0. The van der Waals surface area contributed by atoms with Crippen LogP contribution in [0.1, 0.15) is 34.7 Å². The molecule has 0 aliphatic rings. The fraction of sp³-hybridized carbons (Fsp3) is 0.0250. The number of nitrogens with two attached hydrogens (primary N) is 1. The van der Waals surface area contributed by atoms with Crippen molar-refractivity contribution in [3.8, 4) is 33.4 Å². The van der Waals surface area contributed by atoms with Crippen LogP contribution < -0.4 is 5.73 Å². The SMILES string of the molecule is C=Cc1c(-c2cncc(C(/C=C\N)=C/C)c2)ccc(-c2c(C=C)c(C=C)c(-c3ccccc3)c3ccccc23)c1C=C. The molecule has 4 aromatic carbocycles. The summed E-state index contributed by atoms with van der Waals surface area (Å²) in [5, 5.41) is 2.29. The zero-order valence-corrected chi connectivity index (χ0v) is 24.0. The van der Waals surface area contributed by atoms with E-state index in [4.69, 9.17) is 5.73 Å². The van der Waals surface area contributed by atoms with Gasteiger partial charge in [-0.15, -0.1) is 0 Å². The van der Waals surface area contributed by atoms with E-state index in [1.807, 2.05) is 61.8 Å². The van der Waals surface area contributed by atoms with E-state index in [0.717, 1.165) is 77.5 Å². The van der Waals surface area contributed by atoms with Crippen LogP contribution >= 0.6 is 0 Å².